The summed E-state index contributed by atoms with van der Waals surface area (Å²) in [5.74, 6) is -1.62. The van der Waals surface area contributed by atoms with Gasteiger partial charge in [0.05, 0.1) is 11.2 Å². The van der Waals surface area contributed by atoms with E-state index in [1.54, 1.807) is 12.3 Å². The molecule has 0 spiro atoms. The van der Waals surface area contributed by atoms with Gasteiger partial charge in [-0.1, -0.05) is 11.6 Å². The number of hydrogen-bond donors (Lipinski definition) is 2. The van der Waals surface area contributed by atoms with Crippen LogP contribution in [0.1, 0.15) is 22.6 Å². The number of carbonyl (C=O) groups is 1. The predicted molar refractivity (Wildman–Crippen MR) is 110 cm³/mol. The van der Waals surface area contributed by atoms with Crippen molar-refractivity contribution in [3.63, 3.8) is 0 Å². The third kappa shape index (κ3) is 4.01. The number of fused-ring (bicyclic) bond motifs is 1. The maximum Gasteiger partial charge on any atom is 0.405 e. The summed E-state index contributed by atoms with van der Waals surface area (Å²) in [6.45, 7) is 0.267. The number of alkyl halides is 3. The van der Waals surface area contributed by atoms with Gasteiger partial charge in [-0.2, -0.15) is 13.2 Å². The van der Waals surface area contributed by atoms with Crippen molar-refractivity contribution < 1.29 is 25.2 Å². The molecule has 1 saturated heterocycles. The zero-order chi connectivity index (χ0) is 22.4. The van der Waals surface area contributed by atoms with E-state index < -0.39 is 30.0 Å². The molecule has 4 heterocycles. The van der Waals surface area contributed by atoms with Crippen molar-refractivity contribution in [3.05, 3.63) is 35.5 Å². The Labute approximate surface area is 181 Å². The minimum absolute atomic E-state index is 0. The summed E-state index contributed by atoms with van der Waals surface area (Å²) < 4.78 is 52.4. The molecule has 0 unspecified atom stereocenters. The zero-order valence-corrected chi connectivity index (χ0v) is 17.0. The van der Waals surface area contributed by atoms with E-state index in [0.29, 0.717) is 28.0 Å². The number of pyridine rings is 1. The van der Waals surface area contributed by atoms with Gasteiger partial charge in [0.25, 0.3) is 0 Å². The third-order valence-corrected chi connectivity index (χ3v) is 5.51. The first-order valence-electron chi connectivity index (χ1n) is 9.37. The molecule has 0 radical (unpaired) electrons. The summed E-state index contributed by atoms with van der Waals surface area (Å²) >= 11 is 6.02. The second kappa shape index (κ2) is 7.63. The summed E-state index contributed by atoms with van der Waals surface area (Å²) in [6.07, 6.45) is 0.234. The van der Waals surface area contributed by atoms with Crippen LogP contribution >= 0.6 is 11.6 Å². The van der Waals surface area contributed by atoms with Crippen LogP contribution in [0.2, 0.25) is 5.02 Å². The van der Waals surface area contributed by atoms with Crippen LogP contribution in [0.4, 0.5) is 23.4 Å². The molecule has 168 valence electrons. The van der Waals surface area contributed by atoms with E-state index in [9.17, 15) is 22.4 Å². The monoisotopic (exact) mass is 460 g/mol. The maximum absolute atomic E-state index is 14.7. The Morgan fingerprint density at radius 2 is 2.16 bits per heavy atom. The summed E-state index contributed by atoms with van der Waals surface area (Å²) in [6, 6.07) is 1.66. The fourth-order valence-electron chi connectivity index (χ4n) is 3.75. The van der Waals surface area contributed by atoms with Crippen molar-refractivity contribution in [2.75, 3.05) is 18.0 Å². The van der Waals surface area contributed by atoms with Gasteiger partial charge >= 0.3 is 6.18 Å². The molecule has 7 nitrogen and oxygen atoms in total. The Balaban J connectivity index is 0.00000193. The Hall–Kier alpha value is -2.95. The first-order chi connectivity index (χ1) is 14.6. The Kier molecular flexibility index (Phi) is 5.24. The average Bonchev–Trinajstić information content (AvgIpc) is 3.30. The highest BCUT2D eigenvalue weighted by Gasteiger charge is 2.46. The largest absolute Gasteiger partial charge is 0.405 e. The van der Waals surface area contributed by atoms with Crippen molar-refractivity contribution in [2.24, 2.45) is 0 Å². The SMILES string of the molecule is C[C@]1(C(=O)NCC(F)(F)F)CCCN1c1nc(-c2c[nH]c3ncc(Cl)cc23)ncc1F.[HH].[HH]. The van der Waals surface area contributed by atoms with Crippen LogP contribution in [0.15, 0.2) is 24.7 Å². The molecule has 1 fully saturated rings. The Morgan fingerprint density at radius 3 is 2.90 bits per heavy atom. The van der Waals surface area contributed by atoms with E-state index >= 15 is 0 Å². The van der Waals surface area contributed by atoms with Crippen LogP contribution in [0.5, 0.6) is 0 Å². The van der Waals surface area contributed by atoms with Crippen molar-refractivity contribution >= 4 is 34.4 Å². The average molecular weight is 461 g/mol. The number of nitrogens with zero attached hydrogens (tertiary/aromatic N) is 4. The molecule has 0 aliphatic carbocycles. The molecular formula is C19H21ClF4N6O. The third-order valence-electron chi connectivity index (χ3n) is 5.30. The predicted octanol–water partition coefficient (Wildman–Crippen LogP) is 4.34. The van der Waals surface area contributed by atoms with Crippen LogP contribution < -0.4 is 10.2 Å². The molecule has 1 atom stereocenters. The van der Waals surface area contributed by atoms with E-state index in [-0.39, 0.29) is 27.5 Å². The van der Waals surface area contributed by atoms with Gasteiger partial charge in [-0.3, -0.25) is 4.79 Å². The Morgan fingerprint density at radius 1 is 1.39 bits per heavy atom. The van der Waals surface area contributed by atoms with Gasteiger partial charge in [0.2, 0.25) is 5.91 Å². The second-order valence-corrected chi connectivity index (χ2v) is 7.88. The van der Waals surface area contributed by atoms with Crippen LogP contribution in [0.3, 0.4) is 0 Å². The maximum atomic E-state index is 14.7. The number of anilines is 1. The van der Waals surface area contributed by atoms with Crippen molar-refractivity contribution in [1.29, 1.82) is 0 Å². The summed E-state index contributed by atoms with van der Waals surface area (Å²) in [5, 5.41) is 2.91. The highest BCUT2D eigenvalue weighted by Crippen LogP contribution is 2.36. The molecule has 0 saturated carbocycles. The van der Waals surface area contributed by atoms with Gasteiger partial charge in [-0.05, 0) is 25.8 Å². The lowest BCUT2D eigenvalue weighted by Gasteiger charge is -2.35. The highest BCUT2D eigenvalue weighted by atomic mass is 35.5. The van der Waals surface area contributed by atoms with Crippen LogP contribution in [0.25, 0.3) is 22.4 Å². The van der Waals surface area contributed by atoms with Crippen LogP contribution in [0, 0.1) is 5.82 Å². The van der Waals surface area contributed by atoms with Gasteiger partial charge in [0.1, 0.15) is 17.7 Å². The van der Waals surface area contributed by atoms with Crippen LogP contribution in [-0.4, -0.2) is 50.6 Å². The molecule has 0 bridgehead atoms. The summed E-state index contributed by atoms with van der Waals surface area (Å²) in [4.78, 5) is 29.4. The number of aromatic amines is 1. The smallest absolute Gasteiger partial charge is 0.345 e. The molecule has 0 aromatic carbocycles. The normalized spacial score (nSPS) is 19.2. The topological polar surface area (TPSA) is 86.8 Å². The minimum Gasteiger partial charge on any atom is -0.345 e. The molecule has 3 aromatic heterocycles. The number of rotatable bonds is 4. The summed E-state index contributed by atoms with van der Waals surface area (Å²) in [5.41, 5.74) is -0.330. The van der Waals surface area contributed by atoms with Gasteiger partial charge in [-0.15, -0.1) is 0 Å². The lowest BCUT2D eigenvalue weighted by molar-refractivity contribution is -0.141. The van der Waals surface area contributed by atoms with Gasteiger partial charge in [0.15, 0.2) is 17.5 Å². The highest BCUT2D eigenvalue weighted by molar-refractivity contribution is 6.31. The van der Waals surface area contributed by atoms with Crippen molar-refractivity contribution in [1.82, 2.24) is 25.3 Å². The molecular weight excluding hydrogens is 440 g/mol. The number of amides is 1. The van der Waals surface area contributed by atoms with E-state index in [2.05, 4.69) is 19.9 Å². The number of hydrogen-bond acceptors (Lipinski definition) is 5. The van der Waals surface area contributed by atoms with Gasteiger partial charge in [0, 0.05) is 32.7 Å². The van der Waals surface area contributed by atoms with Crippen molar-refractivity contribution in [3.8, 4) is 11.4 Å². The molecule has 1 aliphatic rings. The molecule has 31 heavy (non-hydrogen) atoms. The van der Waals surface area contributed by atoms with E-state index in [1.807, 2.05) is 5.32 Å². The number of aromatic nitrogens is 4. The van der Waals surface area contributed by atoms with Crippen LogP contribution in [-0.2, 0) is 4.79 Å². The van der Waals surface area contributed by atoms with Gasteiger partial charge < -0.3 is 15.2 Å². The fourth-order valence-corrected chi connectivity index (χ4v) is 3.91. The summed E-state index contributed by atoms with van der Waals surface area (Å²) in [7, 11) is 0. The van der Waals surface area contributed by atoms with Crippen molar-refractivity contribution in [2.45, 2.75) is 31.5 Å². The first kappa shape index (κ1) is 21.3. The fraction of sp³-hybridized carbons (Fsp3) is 0.368. The molecule has 2 N–H and O–H groups in total. The van der Waals surface area contributed by atoms with E-state index in [0.717, 1.165) is 6.20 Å². The Bertz CT molecular complexity index is 1160. The van der Waals surface area contributed by atoms with Gasteiger partial charge in [-0.25, -0.2) is 19.3 Å². The number of halogens is 5. The molecule has 1 amide bonds. The number of H-pyrrole nitrogens is 1. The second-order valence-electron chi connectivity index (χ2n) is 7.44. The molecule has 12 heteroatoms. The lowest BCUT2D eigenvalue weighted by atomic mass is 9.97. The quantitative estimate of drug-likeness (QED) is 0.565. The zero-order valence-electron chi connectivity index (χ0n) is 16.2. The molecule has 4 rings (SSSR count). The lowest BCUT2D eigenvalue weighted by Crippen LogP contribution is -2.55. The standard InChI is InChI=1S/C19H17ClF4N6O.2H2/c1-18(17(31)28-9-19(22,23)24)3-2-4-30(18)16-13(21)8-27-15(29-16)12-7-26-14-11(12)5-10(20)6-25-14;;/h5-8H,2-4,9H2,1H3,(H,25,26)(H,28,31);2*1H/t18-;;/m1../s1. The minimum atomic E-state index is -4.55. The van der Waals surface area contributed by atoms with E-state index in [4.69, 9.17) is 11.6 Å². The number of carbonyl (C=O) groups excluding carboxylic acids is 1. The van der Waals surface area contributed by atoms with E-state index in [1.165, 1.54) is 18.0 Å². The first-order valence-corrected chi connectivity index (χ1v) is 9.74. The number of nitrogens with one attached hydrogen (secondary N) is 2. The molecule has 1 aliphatic heterocycles. The molecule has 3 aromatic rings.